The molecule has 15 heavy (non-hydrogen) atoms. The first kappa shape index (κ1) is 9.98. The highest BCUT2D eigenvalue weighted by Gasteiger charge is 2.05. The van der Waals surface area contributed by atoms with E-state index in [0.29, 0.717) is 11.4 Å². The summed E-state index contributed by atoms with van der Waals surface area (Å²) in [6.07, 6.45) is 1.72. The maximum atomic E-state index is 5.90. The summed E-state index contributed by atoms with van der Waals surface area (Å²) in [7, 11) is 0. The van der Waals surface area contributed by atoms with Crippen LogP contribution in [0, 0.1) is 0 Å². The maximum absolute atomic E-state index is 5.90. The standard InChI is InChI=1S/C11H10BrN3/c12-10-6-7(4-5-15-10)8-2-1-3-9(13)11(8)14/h1-6H,13-14H2. The highest BCUT2D eigenvalue weighted by molar-refractivity contribution is 9.10. The minimum absolute atomic E-state index is 0.598. The number of pyridine rings is 1. The van der Waals surface area contributed by atoms with Gasteiger partial charge < -0.3 is 11.5 Å². The molecule has 0 radical (unpaired) electrons. The molecule has 1 aromatic carbocycles. The number of halogens is 1. The third-order valence-corrected chi connectivity index (χ3v) is 2.61. The molecule has 0 aliphatic rings. The molecule has 3 nitrogen and oxygen atoms in total. The van der Waals surface area contributed by atoms with Gasteiger partial charge in [-0.2, -0.15) is 0 Å². The quantitative estimate of drug-likeness (QED) is 0.614. The first-order valence-corrected chi connectivity index (χ1v) is 5.23. The second kappa shape index (κ2) is 3.90. The Morgan fingerprint density at radius 2 is 1.93 bits per heavy atom. The van der Waals surface area contributed by atoms with Gasteiger partial charge in [0.05, 0.1) is 11.4 Å². The van der Waals surface area contributed by atoms with Crippen molar-refractivity contribution in [2.75, 3.05) is 11.5 Å². The second-order valence-electron chi connectivity index (χ2n) is 3.18. The van der Waals surface area contributed by atoms with Gasteiger partial charge in [0.2, 0.25) is 0 Å². The van der Waals surface area contributed by atoms with Gasteiger partial charge in [0.25, 0.3) is 0 Å². The fraction of sp³-hybridized carbons (Fsp3) is 0. The number of anilines is 2. The highest BCUT2D eigenvalue weighted by Crippen LogP contribution is 2.30. The van der Waals surface area contributed by atoms with Crippen LogP contribution in [0.25, 0.3) is 11.1 Å². The van der Waals surface area contributed by atoms with Crippen molar-refractivity contribution in [3.8, 4) is 11.1 Å². The zero-order valence-electron chi connectivity index (χ0n) is 7.94. The summed E-state index contributed by atoms with van der Waals surface area (Å²) in [6.45, 7) is 0. The van der Waals surface area contributed by atoms with E-state index in [-0.39, 0.29) is 0 Å². The van der Waals surface area contributed by atoms with E-state index in [1.54, 1.807) is 12.3 Å². The molecule has 0 aliphatic heterocycles. The molecule has 1 aromatic heterocycles. The number of hydrogen-bond donors (Lipinski definition) is 2. The first-order valence-electron chi connectivity index (χ1n) is 4.44. The van der Waals surface area contributed by atoms with Gasteiger partial charge in [-0.05, 0) is 39.7 Å². The molecule has 0 unspecified atom stereocenters. The summed E-state index contributed by atoms with van der Waals surface area (Å²) >= 11 is 3.32. The Morgan fingerprint density at radius 3 is 2.67 bits per heavy atom. The van der Waals surface area contributed by atoms with E-state index in [1.807, 2.05) is 24.3 Å². The molecule has 0 bridgehead atoms. The molecule has 2 aromatic rings. The van der Waals surface area contributed by atoms with E-state index in [2.05, 4.69) is 20.9 Å². The molecular weight excluding hydrogens is 254 g/mol. The van der Waals surface area contributed by atoms with Crippen molar-refractivity contribution in [2.45, 2.75) is 0 Å². The van der Waals surface area contributed by atoms with E-state index in [9.17, 15) is 0 Å². The van der Waals surface area contributed by atoms with Crippen LogP contribution in [0.1, 0.15) is 0 Å². The van der Waals surface area contributed by atoms with Gasteiger partial charge in [-0.15, -0.1) is 0 Å². The van der Waals surface area contributed by atoms with Crippen LogP contribution in [-0.2, 0) is 0 Å². The molecule has 2 rings (SSSR count). The first-order chi connectivity index (χ1) is 7.18. The Hall–Kier alpha value is -1.55. The molecule has 0 saturated heterocycles. The number of hydrogen-bond acceptors (Lipinski definition) is 3. The topological polar surface area (TPSA) is 64.9 Å². The third-order valence-electron chi connectivity index (χ3n) is 2.18. The van der Waals surface area contributed by atoms with Crippen LogP contribution in [0.2, 0.25) is 0 Å². The maximum Gasteiger partial charge on any atom is 0.106 e. The minimum Gasteiger partial charge on any atom is -0.397 e. The summed E-state index contributed by atoms with van der Waals surface area (Å²) in [5, 5.41) is 0. The fourth-order valence-corrected chi connectivity index (χ4v) is 1.77. The molecular formula is C11H10BrN3. The Balaban J connectivity index is 2.59. The lowest BCUT2D eigenvalue weighted by atomic mass is 10.0. The van der Waals surface area contributed by atoms with E-state index in [0.717, 1.165) is 15.7 Å². The van der Waals surface area contributed by atoms with Gasteiger partial charge in [0, 0.05) is 11.8 Å². The lowest BCUT2D eigenvalue weighted by molar-refractivity contribution is 1.28. The number of nitrogens with zero attached hydrogens (tertiary/aromatic N) is 1. The van der Waals surface area contributed by atoms with Crippen LogP contribution >= 0.6 is 15.9 Å². The molecule has 0 fully saturated rings. The van der Waals surface area contributed by atoms with E-state index >= 15 is 0 Å². The molecule has 1 heterocycles. The minimum atomic E-state index is 0.598. The summed E-state index contributed by atoms with van der Waals surface area (Å²) in [4.78, 5) is 4.06. The number of benzene rings is 1. The average Bonchev–Trinajstić information content (AvgIpc) is 2.22. The summed E-state index contributed by atoms with van der Waals surface area (Å²) < 4.78 is 0.779. The Kier molecular flexibility index (Phi) is 2.60. The number of nitrogen functional groups attached to an aromatic ring is 2. The summed E-state index contributed by atoms with van der Waals surface area (Å²) in [5.74, 6) is 0. The van der Waals surface area contributed by atoms with Crippen molar-refractivity contribution in [3.63, 3.8) is 0 Å². The normalized spacial score (nSPS) is 10.2. The highest BCUT2D eigenvalue weighted by atomic mass is 79.9. The molecule has 0 spiro atoms. The smallest absolute Gasteiger partial charge is 0.106 e. The third kappa shape index (κ3) is 1.94. The number of rotatable bonds is 1. The van der Waals surface area contributed by atoms with Crippen LogP contribution in [0.3, 0.4) is 0 Å². The van der Waals surface area contributed by atoms with Gasteiger partial charge >= 0.3 is 0 Å². The van der Waals surface area contributed by atoms with Gasteiger partial charge in [0.1, 0.15) is 4.60 Å². The van der Waals surface area contributed by atoms with Crippen molar-refractivity contribution in [3.05, 3.63) is 41.1 Å². The van der Waals surface area contributed by atoms with Gasteiger partial charge in [0.15, 0.2) is 0 Å². The van der Waals surface area contributed by atoms with Crippen molar-refractivity contribution in [1.29, 1.82) is 0 Å². The van der Waals surface area contributed by atoms with Gasteiger partial charge in [-0.25, -0.2) is 4.98 Å². The SMILES string of the molecule is Nc1cccc(-c2ccnc(Br)c2)c1N. The lowest BCUT2D eigenvalue weighted by Crippen LogP contribution is -1.96. The van der Waals surface area contributed by atoms with Crippen LogP contribution in [0.5, 0.6) is 0 Å². The van der Waals surface area contributed by atoms with E-state index in [4.69, 9.17) is 11.5 Å². The van der Waals surface area contributed by atoms with Gasteiger partial charge in [-0.3, -0.25) is 0 Å². The zero-order valence-corrected chi connectivity index (χ0v) is 9.53. The van der Waals surface area contributed by atoms with Crippen molar-refractivity contribution < 1.29 is 0 Å². The summed E-state index contributed by atoms with van der Waals surface area (Å²) in [5.41, 5.74) is 14.8. The number of para-hydroxylation sites is 1. The Labute approximate surface area is 96.3 Å². The number of aromatic nitrogens is 1. The largest absolute Gasteiger partial charge is 0.397 e. The van der Waals surface area contributed by atoms with Crippen LogP contribution < -0.4 is 11.5 Å². The molecule has 0 atom stereocenters. The van der Waals surface area contributed by atoms with Crippen molar-refractivity contribution >= 4 is 27.3 Å². The van der Waals surface area contributed by atoms with E-state index < -0.39 is 0 Å². The van der Waals surface area contributed by atoms with Crippen LogP contribution in [-0.4, -0.2) is 4.98 Å². The monoisotopic (exact) mass is 263 g/mol. The average molecular weight is 264 g/mol. The van der Waals surface area contributed by atoms with E-state index in [1.165, 1.54) is 0 Å². The fourth-order valence-electron chi connectivity index (χ4n) is 1.40. The summed E-state index contributed by atoms with van der Waals surface area (Å²) in [6, 6.07) is 9.42. The Bertz CT molecular complexity index is 497. The van der Waals surface area contributed by atoms with Crippen molar-refractivity contribution in [1.82, 2.24) is 4.98 Å². The predicted molar refractivity (Wildman–Crippen MR) is 66.2 cm³/mol. The second-order valence-corrected chi connectivity index (χ2v) is 3.99. The van der Waals surface area contributed by atoms with Gasteiger partial charge in [-0.1, -0.05) is 12.1 Å². The van der Waals surface area contributed by atoms with Crippen molar-refractivity contribution in [2.24, 2.45) is 0 Å². The van der Waals surface area contributed by atoms with Crippen LogP contribution in [0.4, 0.5) is 11.4 Å². The molecule has 76 valence electrons. The Morgan fingerprint density at radius 1 is 1.13 bits per heavy atom. The zero-order chi connectivity index (χ0) is 10.8. The lowest BCUT2D eigenvalue weighted by Gasteiger charge is -2.07. The molecule has 0 aliphatic carbocycles. The van der Waals surface area contributed by atoms with Crippen LogP contribution in [0.15, 0.2) is 41.1 Å². The molecule has 4 heteroatoms. The predicted octanol–water partition coefficient (Wildman–Crippen LogP) is 2.68. The molecule has 0 saturated carbocycles. The molecule has 4 N–H and O–H groups in total. The number of nitrogens with two attached hydrogens (primary N) is 2. The molecule has 0 amide bonds.